The Hall–Kier alpha value is -1.11. The number of sulfonamides is 2. The first kappa shape index (κ1) is 33.9. The van der Waals surface area contributed by atoms with Crippen LogP contribution in [0.4, 0.5) is 0 Å². The molecule has 1 aliphatic carbocycles. The molecular weight excluding hydrogens is 520 g/mol. The molecule has 0 aliphatic heterocycles. The molecule has 0 N–H and O–H groups in total. The van der Waals surface area contributed by atoms with Crippen molar-refractivity contribution in [2.75, 3.05) is 28.2 Å². The minimum Gasteiger partial charge on any atom is -0.668 e. The Morgan fingerprint density at radius 1 is 0.600 bits per heavy atom. The Balaban J connectivity index is 0.00000150. The monoisotopic (exact) mass is 556 g/mol. The minimum absolute atomic E-state index is 0. The maximum atomic E-state index is 12.7. The van der Waals surface area contributed by atoms with E-state index in [0.29, 0.717) is 12.8 Å². The van der Waals surface area contributed by atoms with Crippen LogP contribution in [0.2, 0.25) is 0 Å². The Morgan fingerprint density at radius 2 is 0.857 bits per heavy atom. The van der Waals surface area contributed by atoms with Crippen molar-refractivity contribution in [3.8, 4) is 0 Å². The number of hydrogen-bond donors (Lipinski definition) is 0. The van der Waals surface area contributed by atoms with E-state index in [9.17, 15) is 16.8 Å². The van der Waals surface area contributed by atoms with Gasteiger partial charge in [0.25, 0.3) is 0 Å². The van der Waals surface area contributed by atoms with Gasteiger partial charge in [-0.15, -0.1) is 12.1 Å². The summed E-state index contributed by atoms with van der Waals surface area (Å²) in [4.78, 5) is 0.229. The summed E-state index contributed by atoms with van der Waals surface area (Å²) in [6, 6.07) is 11.6. The molecule has 2 atom stereocenters. The molecule has 0 unspecified atom stereocenters. The van der Waals surface area contributed by atoms with Gasteiger partial charge in [-0.3, -0.25) is 0 Å². The van der Waals surface area contributed by atoms with E-state index in [1.54, 1.807) is 52.5 Å². The summed E-state index contributed by atoms with van der Waals surface area (Å²) in [6.45, 7) is 3.75. The van der Waals surface area contributed by atoms with Crippen LogP contribution < -0.4 is 0 Å². The molecule has 0 radical (unpaired) electrons. The van der Waals surface area contributed by atoms with Gasteiger partial charge >= 0.3 is 21.7 Å². The second-order valence-electron chi connectivity index (χ2n) is 8.10. The fraction of sp³-hybridized carbons (Fsp3) is 0.500. The van der Waals surface area contributed by atoms with Gasteiger partial charge in [0.1, 0.15) is 20.0 Å². The average Bonchev–Trinajstić information content (AvgIpc) is 2.76. The molecule has 1 fully saturated rings. The molecule has 0 saturated heterocycles. The van der Waals surface area contributed by atoms with Gasteiger partial charge in [0.2, 0.25) is 0 Å². The van der Waals surface area contributed by atoms with Gasteiger partial charge in [-0.25, -0.2) is 16.8 Å². The molecule has 1 saturated carbocycles. The largest absolute Gasteiger partial charge is 4.00 e. The number of benzene rings is 2. The Bertz CT molecular complexity index is 974. The predicted octanol–water partition coefficient (Wildman–Crippen LogP) is 5.68. The van der Waals surface area contributed by atoms with Crippen LogP contribution in [0.3, 0.4) is 0 Å². The summed E-state index contributed by atoms with van der Waals surface area (Å²) in [5.74, 6) is 0. The van der Waals surface area contributed by atoms with Crippen LogP contribution in [0.15, 0.2) is 58.3 Å². The van der Waals surface area contributed by atoms with Crippen molar-refractivity contribution in [2.45, 2.75) is 61.4 Å². The molecule has 3 rings (SSSR count). The van der Waals surface area contributed by atoms with Gasteiger partial charge in [-0.1, -0.05) is 61.1 Å². The molecule has 1 aliphatic rings. The van der Waals surface area contributed by atoms with Gasteiger partial charge in [-0.05, 0) is 38.1 Å². The van der Waals surface area contributed by atoms with Crippen LogP contribution in [0, 0.1) is 13.8 Å². The summed E-state index contributed by atoms with van der Waals surface area (Å²) in [7, 11) is -0.730. The Kier molecular flexibility index (Phi) is 16.1. The summed E-state index contributed by atoms with van der Waals surface area (Å²) in [5, 5.41) is 7.00. The molecule has 2 aromatic rings. The SMILES string of the molecule is C[N-]C.C[N-]C.Cc1ccc(S(=O)(=O)[N-][C@@H]2CCCC[C@H]2[N-]S(=O)(=O)c2ccc(C)cc2)cc1.[Ti+4]. The van der Waals surface area contributed by atoms with E-state index in [-0.39, 0.29) is 31.5 Å². The van der Waals surface area contributed by atoms with Crippen LogP contribution in [-0.4, -0.2) is 57.1 Å². The van der Waals surface area contributed by atoms with Gasteiger partial charge < -0.3 is 20.1 Å². The van der Waals surface area contributed by atoms with Crippen LogP contribution in [0.5, 0.6) is 0 Å². The zero-order valence-electron chi connectivity index (χ0n) is 21.3. The molecule has 2 aromatic carbocycles. The first-order valence-corrected chi connectivity index (χ1v) is 13.9. The molecule has 0 heterocycles. The summed E-state index contributed by atoms with van der Waals surface area (Å²) < 4.78 is 58.8. The third-order valence-electron chi connectivity index (χ3n) is 4.88. The smallest absolute Gasteiger partial charge is 0.668 e. The fourth-order valence-corrected chi connectivity index (χ4v) is 5.64. The van der Waals surface area contributed by atoms with E-state index in [4.69, 9.17) is 0 Å². The van der Waals surface area contributed by atoms with Crippen molar-refractivity contribution in [3.05, 3.63) is 79.7 Å². The quantitative estimate of drug-likeness (QED) is 0.425. The number of aryl methyl sites for hydroxylation is 2. The molecule has 35 heavy (non-hydrogen) atoms. The van der Waals surface area contributed by atoms with Crippen molar-refractivity contribution in [1.82, 2.24) is 0 Å². The molecular formula is C24H36N4O4S2Ti. The topological polar surface area (TPSA) is 125 Å². The van der Waals surface area contributed by atoms with Crippen molar-refractivity contribution in [2.24, 2.45) is 0 Å². The number of nitrogens with zero attached hydrogens (tertiary/aromatic N) is 4. The van der Waals surface area contributed by atoms with E-state index in [1.165, 1.54) is 24.3 Å². The zero-order valence-corrected chi connectivity index (χ0v) is 24.5. The molecule has 0 spiro atoms. The third kappa shape index (κ3) is 11.7. The summed E-state index contributed by atoms with van der Waals surface area (Å²) in [5.41, 5.74) is 1.90. The molecule has 192 valence electrons. The van der Waals surface area contributed by atoms with Crippen LogP contribution in [-0.2, 0) is 41.8 Å². The number of rotatable bonds is 6. The van der Waals surface area contributed by atoms with Crippen LogP contribution in [0.25, 0.3) is 20.1 Å². The van der Waals surface area contributed by atoms with Gasteiger partial charge in [0.05, 0.1) is 0 Å². The van der Waals surface area contributed by atoms with Gasteiger partial charge in [-0.2, -0.15) is 28.2 Å². The van der Waals surface area contributed by atoms with E-state index >= 15 is 0 Å². The first-order valence-electron chi connectivity index (χ1n) is 11.0. The zero-order chi connectivity index (χ0) is 25.8. The van der Waals surface area contributed by atoms with E-state index in [1.807, 2.05) is 13.8 Å². The first-order chi connectivity index (χ1) is 16.0. The third-order valence-corrected chi connectivity index (χ3v) is 7.71. The second kappa shape index (κ2) is 16.6. The van der Waals surface area contributed by atoms with Gasteiger partial charge in [0, 0.05) is 9.79 Å². The van der Waals surface area contributed by atoms with Crippen LogP contribution >= 0.6 is 0 Å². The van der Waals surface area contributed by atoms with E-state index in [0.717, 1.165) is 24.0 Å². The molecule has 0 bridgehead atoms. The molecule has 11 heteroatoms. The summed E-state index contributed by atoms with van der Waals surface area (Å²) >= 11 is 0. The molecule has 8 nitrogen and oxygen atoms in total. The number of hydrogen-bond acceptors (Lipinski definition) is 4. The predicted molar refractivity (Wildman–Crippen MR) is 140 cm³/mol. The van der Waals surface area contributed by atoms with Gasteiger partial charge in [0.15, 0.2) is 0 Å². The maximum absolute atomic E-state index is 12.7. The maximum Gasteiger partial charge on any atom is 4.00 e. The fourth-order valence-electron chi connectivity index (χ4n) is 3.24. The van der Waals surface area contributed by atoms with Crippen LogP contribution in [0.1, 0.15) is 36.8 Å². The second-order valence-corrected chi connectivity index (χ2v) is 11.4. The van der Waals surface area contributed by atoms with Crippen molar-refractivity contribution >= 4 is 20.0 Å². The molecule has 0 amide bonds. The van der Waals surface area contributed by atoms with Crippen molar-refractivity contribution in [3.63, 3.8) is 0 Å². The van der Waals surface area contributed by atoms with Crippen molar-refractivity contribution < 1.29 is 38.6 Å². The minimum atomic E-state index is -3.87. The standard InChI is InChI=1S/C20H24N2O4S2.2C2H6N.Ti/c1-15-7-11-17(12-8-15)27(23,24)21-19-5-3-4-6-20(19)22-28(25,26)18-13-9-16(2)10-14-18;2*1-3-2;/h7-14,19-20H,3-6H2,1-2H3;2*1-2H3;/q-2;2*-1;+4/t19-,20-;;;/m1.../s1. The van der Waals surface area contributed by atoms with Crippen molar-refractivity contribution in [1.29, 1.82) is 0 Å². The van der Waals surface area contributed by atoms with E-state index < -0.39 is 32.1 Å². The molecule has 0 aromatic heterocycles. The summed E-state index contributed by atoms with van der Waals surface area (Å²) in [6.07, 6.45) is 2.60. The average molecular weight is 557 g/mol. The Morgan fingerprint density at radius 3 is 1.11 bits per heavy atom. The van der Waals surface area contributed by atoms with E-state index in [2.05, 4.69) is 20.1 Å². The normalized spacial score (nSPS) is 17.7. The Labute approximate surface area is 227 Å².